The highest BCUT2D eigenvalue weighted by Gasteiger charge is 2.29. The van der Waals surface area contributed by atoms with Gasteiger partial charge in [0.2, 0.25) is 5.89 Å². The van der Waals surface area contributed by atoms with E-state index in [4.69, 9.17) is 18.9 Å². The maximum absolute atomic E-state index is 11.2. The summed E-state index contributed by atoms with van der Waals surface area (Å²) in [5.41, 5.74) is 2.67. The number of hydrogen-bond donors (Lipinski definition) is 1. The van der Waals surface area contributed by atoms with Gasteiger partial charge in [-0.2, -0.15) is 0 Å². The van der Waals surface area contributed by atoms with E-state index >= 15 is 0 Å². The fraction of sp³-hybridized carbons (Fsp3) is 0.214. The molecule has 0 amide bonds. The molecular weight excluding hydrogens is 430 g/mol. The lowest BCUT2D eigenvalue weighted by Gasteiger charge is -2.21. The van der Waals surface area contributed by atoms with E-state index in [2.05, 4.69) is 18.2 Å². The van der Waals surface area contributed by atoms with Crippen molar-refractivity contribution in [3.8, 4) is 34.1 Å². The van der Waals surface area contributed by atoms with Gasteiger partial charge in [0.25, 0.3) is 0 Å². The molecule has 0 radical (unpaired) electrons. The average molecular weight is 458 g/mol. The van der Waals surface area contributed by atoms with Gasteiger partial charge in [-0.15, -0.1) is 0 Å². The number of aryl methyl sites for hydroxylation is 1. The Bertz CT molecular complexity index is 1260. The summed E-state index contributed by atoms with van der Waals surface area (Å²) in [7, 11) is 0. The smallest absolute Gasteiger partial charge is 0.347 e. The summed E-state index contributed by atoms with van der Waals surface area (Å²) >= 11 is 0. The summed E-state index contributed by atoms with van der Waals surface area (Å²) in [5.74, 6) is 1.46. The third-order valence-electron chi connectivity index (χ3n) is 5.45. The lowest BCUT2D eigenvalue weighted by molar-refractivity contribution is -0.152. The maximum Gasteiger partial charge on any atom is 0.347 e. The Morgan fingerprint density at radius 3 is 2.21 bits per heavy atom. The minimum Gasteiger partial charge on any atom is -0.493 e. The first kappa shape index (κ1) is 23.1. The van der Waals surface area contributed by atoms with Gasteiger partial charge in [0.1, 0.15) is 17.3 Å². The van der Waals surface area contributed by atoms with Crippen LogP contribution in [0.2, 0.25) is 0 Å². The molecule has 0 bridgehead atoms. The number of oxazole rings is 1. The monoisotopic (exact) mass is 457 g/mol. The first-order valence-corrected chi connectivity index (χ1v) is 11.1. The Kier molecular flexibility index (Phi) is 6.68. The predicted octanol–water partition coefficient (Wildman–Crippen LogP) is 6.18. The van der Waals surface area contributed by atoms with Gasteiger partial charge in [0.15, 0.2) is 5.60 Å². The van der Waals surface area contributed by atoms with Gasteiger partial charge in [-0.25, -0.2) is 9.78 Å². The lowest BCUT2D eigenvalue weighted by Crippen LogP contribution is -2.37. The summed E-state index contributed by atoms with van der Waals surface area (Å²) in [4.78, 5) is 16.0. The van der Waals surface area contributed by atoms with E-state index < -0.39 is 11.6 Å². The van der Waals surface area contributed by atoms with Crippen molar-refractivity contribution < 1.29 is 23.8 Å². The van der Waals surface area contributed by atoms with Crippen LogP contribution in [-0.4, -0.2) is 28.3 Å². The fourth-order valence-corrected chi connectivity index (χ4v) is 3.52. The van der Waals surface area contributed by atoms with Gasteiger partial charge < -0.3 is 19.0 Å². The maximum atomic E-state index is 11.2. The van der Waals surface area contributed by atoms with E-state index in [9.17, 15) is 9.90 Å². The Balaban J connectivity index is 1.41. The van der Waals surface area contributed by atoms with Gasteiger partial charge in [0, 0.05) is 12.0 Å². The van der Waals surface area contributed by atoms with Crippen molar-refractivity contribution in [2.24, 2.45) is 0 Å². The minimum absolute atomic E-state index is 0.425. The topological polar surface area (TPSA) is 81.8 Å². The van der Waals surface area contributed by atoms with E-state index in [1.165, 1.54) is 13.8 Å². The van der Waals surface area contributed by atoms with E-state index in [1.54, 1.807) is 24.3 Å². The highest BCUT2D eigenvalue weighted by molar-refractivity contribution is 5.80. The number of aromatic nitrogens is 1. The number of carbonyl (C=O) groups is 1. The van der Waals surface area contributed by atoms with Crippen LogP contribution in [0.4, 0.5) is 0 Å². The minimum atomic E-state index is -1.30. The standard InChI is InChI=1S/C28H27NO5/c1-19-25(17-18-32-21-13-15-22(16-14-21)34-28(2,3)27(30)31)29-26(33-19)24-12-8-7-11-23(24)20-9-5-4-6-10-20/h4-16H,17-18H2,1-3H3,(H,30,31). The zero-order valence-electron chi connectivity index (χ0n) is 19.4. The van der Waals surface area contributed by atoms with Crippen molar-refractivity contribution >= 4 is 5.97 Å². The normalized spacial score (nSPS) is 11.3. The first-order valence-electron chi connectivity index (χ1n) is 11.1. The second-order valence-corrected chi connectivity index (χ2v) is 8.42. The Labute approximate surface area is 198 Å². The molecule has 1 heterocycles. The van der Waals surface area contributed by atoms with E-state index in [1.807, 2.05) is 43.3 Å². The highest BCUT2D eigenvalue weighted by atomic mass is 16.5. The third-order valence-corrected chi connectivity index (χ3v) is 5.45. The Hall–Kier alpha value is -4.06. The number of ether oxygens (including phenoxy) is 2. The molecule has 0 aliphatic heterocycles. The molecule has 4 rings (SSSR count). The van der Waals surface area contributed by atoms with Crippen molar-refractivity contribution in [1.29, 1.82) is 0 Å². The quantitative estimate of drug-likeness (QED) is 0.323. The molecule has 6 heteroatoms. The summed E-state index contributed by atoms with van der Waals surface area (Å²) < 4.78 is 17.4. The molecule has 174 valence electrons. The second-order valence-electron chi connectivity index (χ2n) is 8.42. The largest absolute Gasteiger partial charge is 0.493 e. The lowest BCUT2D eigenvalue weighted by atomic mass is 10.00. The zero-order chi connectivity index (χ0) is 24.1. The average Bonchev–Trinajstić information content (AvgIpc) is 3.21. The van der Waals surface area contributed by atoms with E-state index in [0.29, 0.717) is 30.4 Å². The van der Waals surface area contributed by atoms with Gasteiger partial charge in [0.05, 0.1) is 12.3 Å². The molecule has 0 aliphatic carbocycles. The number of aliphatic carboxylic acids is 1. The summed E-state index contributed by atoms with van der Waals surface area (Å²) in [6, 6.07) is 25.1. The van der Waals surface area contributed by atoms with Crippen LogP contribution in [0, 0.1) is 6.92 Å². The molecular formula is C28H27NO5. The van der Waals surface area contributed by atoms with Crippen LogP contribution >= 0.6 is 0 Å². The van der Waals surface area contributed by atoms with E-state index in [0.717, 1.165) is 28.1 Å². The van der Waals surface area contributed by atoms with Crippen molar-refractivity contribution in [1.82, 2.24) is 4.98 Å². The summed E-state index contributed by atoms with van der Waals surface area (Å²) in [5, 5.41) is 9.19. The van der Waals surface area contributed by atoms with Gasteiger partial charge in [-0.1, -0.05) is 48.5 Å². The van der Waals surface area contributed by atoms with Crippen molar-refractivity contribution in [3.05, 3.63) is 90.3 Å². The SMILES string of the molecule is Cc1oc(-c2ccccc2-c2ccccc2)nc1CCOc1ccc(OC(C)(C)C(=O)O)cc1. The van der Waals surface area contributed by atoms with E-state index in [-0.39, 0.29) is 0 Å². The van der Waals surface area contributed by atoms with Crippen molar-refractivity contribution in [2.45, 2.75) is 32.8 Å². The van der Waals surface area contributed by atoms with Crippen LogP contribution in [0.25, 0.3) is 22.6 Å². The molecule has 0 atom stereocenters. The van der Waals surface area contributed by atoms with Crippen LogP contribution < -0.4 is 9.47 Å². The molecule has 0 saturated carbocycles. The van der Waals surface area contributed by atoms with Gasteiger partial charge in [-0.3, -0.25) is 0 Å². The molecule has 0 spiro atoms. The molecule has 6 nitrogen and oxygen atoms in total. The molecule has 1 aromatic heterocycles. The van der Waals surface area contributed by atoms with Crippen LogP contribution in [0.3, 0.4) is 0 Å². The van der Waals surface area contributed by atoms with Crippen LogP contribution in [0.15, 0.2) is 83.3 Å². The molecule has 0 fully saturated rings. The van der Waals surface area contributed by atoms with Crippen molar-refractivity contribution in [2.75, 3.05) is 6.61 Å². The number of carboxylic acid groups (broad SMARTS) is 1. The Morgan fingerprint density at radius 2 is 1.53 bits per heavy atom. The predicted molar refractivity (Wildman–Crippen MR) is 130 cm³/mol. The molecule has 0 unspecified atom stereocenters. The number of carboxylic acids is 1. The summed E-state index contributed by atoms with van der Waals surface area (Å²) in [6.45, 7) is 5.35. The van der Waals surface area contributed by atoms with Crippen molar-refractivity contribution in [3.63, 3.8) is 0 Å². The fourth-order valence-electron chi connectivity index (χ4n) is 3.52. The molecule has 1 N–H and O–H groups in total. The van der Waals surface area contributed by atoms with Gasteiger partial charge in [-0.05, 0) is 62.2 Å². The zero-order valence-corrected chi connectivity index (χ0v) is 19.4. The molecule has 4 aromatic rings. The first-order chi connectivity index (χ1) is 16.3. The molecule has 0 saturated heterocycles. The number of rotatable bonds is 9. The van der Waals surface area contributed by atoms with Crippen LogP contribution in [-0.2, 0) is 11.2 Å². The van der Waals surface area contributed by atoms with Crippen LogP contribution in [0.1, 0.15) is 25.3 Å². The number of benzene rings is 3. The number of nitrogens with zero attached hydrogens (tertiary/aromatic N) is 1. The Morgan fingerprint density at radius 1 is 0.912 bits per heavy atom. The molecule has 0 aliphatic rings. The number of hydrogen-bond acceptors (Lipinski definition) is 5. The highest BCUT2D eigenvalue weighted by Crippen LogP contribution is 2.32. The van der Waals surface area contributed by atoms with Crippen LogP contribution in [0.5, 0.6) is 11.5 Å². The van der Waals surface area contributed by atoms with Gasteiger partial charge >= 0.3 is 5.97 Å². The molecule has 3 aromatic carbocycles. The summed E-state index contributed by atoms with van der Waals surface area (Å²) in [6.07, 6.45) is 0.590. The second kappa shape index (κ2) is 9.83. The third kappa shape index (κ3) is 5.29. The molecule has 34 heavy (non-hydrogen) atoms.